The highest BCUT2D eigenvalue weighted by Gasteiger charge is 2.51. The lowest BCUT2D eigenvalue weighted by molar-refractivity contribution is -0.115. The van der Waals surface area contributed by atoms with Gasteiger partial charge in [0, 0.05) is 32.1 Å². The lowest BCUT2D eigenvalue weighted by Gasteiger charge is -2.50. The summed E-state index contributed by atoms with van der Waals surface area (Å²) in [5.41, 5.74) is 18.6. The molecule has 0 aliphatic heterocycles. The number of fused-ring (bicyclic) bond motifs is 10. The van der Waals surface area contributed by atoms with E-state index in [-0.39, 0.29) is 7.43 Å². The number of hydrogen-bond donors (Lipinski definition) is 0. The number of ketones is 3. The molecule has 0 aromatic heterocycles. The topological polar surface area (TPSA) is 69.7 Å². The molecule has 5 nitrogen and oxygen atoms in total. The van der Waals surface area contributed by atoms with Crippen molar-refractivity contribution in [1.29, 1.82) is 0 Å². The molecule has 0 aromatic carbocycles. The number of carbonyl (C=O) groups is 3. The predicted octanol–water partition coefficient (Wildman–Crippen LogP) is 18.4. The van der Waals surface area contributed by atoms with Crippen molar-refractivity contribution in [3.8, 4) is 0 Å². The molecule has 4 fully saturated rings. The molecule has 7 atom stereocenters. The monoisotopic (exact) mass is 1000 g/mol. The third-order valence-corrected chi connectivity index (χ3v) is 21.4. The van der Waals surface area contributed by atoms with Crippen LogP contribution in [-0.2, 0) is 23.9 Å². The van der Waals surface area contributed by atoms with Crippen molar-refractivity contribution in [3.63, 3.8) is 0 Å². The Morgan fingerprint density at radius 3 is 1.68 bits per heavy atom. The fourth-order valence-corrected chi connectivity index (χ4v) is 17.3. The minimum Gasteiger partial charge on any atom is -0.501 e. The third-order valence-electron chi connectivity index (χ3n) is 21.4. The standard InChI is InChI=1S/C19H28O.C18H24O.C11H16O.2C10H12O.CH4/c1-19-10-3-4-18(19)17-7-5-13-12-14(20-2)6-8-15(13)16(17)9-11-19;1-18-9-2-3-17(18)16-6-4-12-11-13(19)5-7-14(12)15(16)8-10-18;1-12-11-7-6-9-4-2-3-5-10(9)8-11;2*11-10-6-5-8-3-1-2-4-9(8)7-10;/h6,16-18H,3-5,7-12H2,1-2H3;11,16-17H,2-10H2,1H3;7H,2-6,8H2,1H3;2*3,7H,1-2,4-6H2;1H4/t16?,17?,18?,19-;16?,17?,18-;;;;/m00..../s1. The molecule has 0 bridgehead atoms. The van der Waals surface area contributed by atoms with Gasteiger partial charge in [-0.15, -0.1) is 0 Å². The van der Waals surface area contributed by atoms with Crippen molar-refractivity contribution in [2.75, 3.05) is 14.2 Å². The van der Waals surface area contributed by atoms with Crippen LogP contribution in [0.15, 0.2) is 115 Å². The van der Waals surface area contributed by atoms with Crippen LogP contribution in [0.1, 0.15) is 240 Å². The second kappa shape index (κ2) is 24.6. The summed E-state index contributed by atoms with van der Waals surface area (Å²) in [7, 11) is 3.60. The summed E-state index contributed by atoms with van der Waals surface area (Å²) in [6.07, 6.45) is 57.0. The molecule has 14 aliphatic carbocycles. The Kier molecular flexibility index (Phi) is 18.2. The number of allylic oxidation sites excluding steroid dienone is 18. The van der Waals surface area contributed by atoms with Crippen molar-refractivity contribution in [1.82, 2.24) is 0 Å². The zero-order valence-electron chi connectivity index (χ0n) is 46.0. The van der Waals surface area contributed by atoms with E-state index in [4.69, 9.17) is 9.47 Å². The zero-order chi connectivity index (χ0) is 50.5. The molecule has 0 saturated heterocycles. The Labute approximate surface area is 448 Å². The molecule has 74 heavy (non-hydrogen) atoms. The maximum Gasteiger partial charge on any atom is 0.156 e. The van der Waals surface area contributed by atoms with Crippen molar-refractivity contribution < 1.29 is 23.9 Å². The molecule has 0 radical (unpaired) electrons. The lowest BCUT2D eigenvalue weighted by atomic mass is 9.55. The maximum atomic E-state index is 11.6. The predicted molar refractivity (Wildman–Crippen MR) is 304 cm³/mol. The summed E-state index contributed by atoms with van der Waals surface area (Å²) < 4.78 is 10.8. The van der Waals surface area contributed by atoms with E-state index in [9.17, 15) is 14.4 Å². The van der Waals surface area contributed by atoms with Gasteiger partial charge in [-0.3, -0.25) is 14.4 Å². The quantitative estimate of drug-likeness (QED) is 0.258. The first-order valence-corrected chi connectivity index (χ1v) is 30.2. The minimum atomic E-state index is 0. The molecular weight excluding hydrogens is 909 g/mol. The normalized spacial score (nSPS) is 33.3. The number of carbonyl (C=O) groups excluding carboxylic acids is 3. The Balaban J connectivity index is 0.000000116. The van der Waals surface area contributed by atoms with E-state index in [2.05, 4.69) is 38.2 Å². The second-order valence-electron chi connectivity index (χ2n) is 25.5. The van der Waals surface area contributed by atoms with Crippen LogP contribution in [0.5, 0.6) is 0 Å². The molecule has 402 valence electrons. The van der Waals surface area contributed by atoms with Gasteiger partial charge in [0.2, 0.25) is 0 Å². The maximum absolute atomic E-state index is 11.6. The highest BCUT2D eigenvalue weighted by molar-refractivity contribution is 5.94. The molecule has 0 aromatic rings. The fraction of sp³-hybridized carbons (Fsp3) is 0.667. The number of hydrogen-bond acceptors (Lipinski definition) is 5. The third kappa shape index (κ3) is 12.2. The number of rotatable bonds is 2. The van der Waals surface area contributed by atoms with Crippen LogP contribution >= 0.6 is 0 Å². The first kappa shape index (κ1) is 54.8. The van der Waals surface area contributed by atoms with Crippen LogP contribution in [-0.4, -0.2) is 31.6 Å². The van der Waals surface area contributed by atoms with Crippen LogP contribution in [0.25, 0.3) is 0 Å². The molecule has 0 amide bonds. The summed E-state index contributed by atoms with van der Waals surface area (Å²) in [6, 6.07) is 0. The van der Waals surface area contributed by atoms with Gasteiger partial charge in [-0.05, 0) is 278 Å². The zero-order valence-corrected chi connectivity index (χ0v) is 46.0. The summed E-state index contributed by atoms with van der Waals surface area (Å²) in [5, 5.41) is 0. The molecular formula is C69H96O5. The fourth-order valence-electron chi connectivity index (χ4n) is 17.3. The van der Waals surface area contributed by atoms with E-state index in [0.717, 1.165) is 100 Å². The molecule has 4 saturated carbocycles. The van der Waals surface area contributed by atoms with E-state index in [1.54, 1.807) is 35.0 Å². The smallest absolute Gasteiger partial charge is 0.156 e. The van der Waals surface area contributed by atoms with Crippen LogP contribution in [0.4, 0.5) is 0 Å². The summed E-state index contributed by atoms with van der Waals surface area (Å²) in [6.45, 7) is 5.14. The number of methoxy groups -OCH3 is 2. The highest BCUT2D eigenvalue weighted by atomic mass is 16.5. The average molecular weight is 1010 g/mol. The SMILES string of the molecule is C.COC1=CCC2=C(CCC3C2CC[C@]2(C)CCCC32)C1.COC1=CCC2=C(CCCC2)C1.C[C@@]12CCCC1C1CCC3=CC(=O)CCC3=C1CC2.O=C1C=C2CCCC=C2CC1.O=C1C=C2CCCC=C2CC1. The van der Waals surface area contributed by atoms with Crippen LogP contribution in [0.3, 0.4) is 0 Å². The summed E-state index contributed by atoms with van der Waals surface area (Å²) in [4.78, 5) is 33.6. The van der Waals surface area contributed by atoms with E-state index in [0.29, 0.717) is 28.2 Å². The van der Waals surface area contributed by atoms with Gasteiger partial charge in [0.1, 0.15) is 0 Å². The Hall–Kier alpha value is -3.99. The molecule has 5 unspecified atom stereocenters. The molecule has 0 spiro atoms. The highest BCUT2D eigenvalue weighted by Crippen LogP contribution is 2.62. The van der Waals surface area contributed by atoms with E-state index in [1.807, 2.05) is 30.9 Å². The van der Waals surface area contributed by atoms with Gasteiger partial charge >= 0.3 is 0 Å². The molecule has 5 heteroatoms. The first-order chi connectivity index (χ1) is 35.5. The summed E-state index contributed by atoms with van der Waals surface area (Å²) >= 11 is 0. The largest absolute Gasteiger partial charge is 0.501 e. The van der Waals surface area contributed by atoms with E-state index in [1.165, 1.54) is 187 Å². The van der Waals surface area contributed by atoms with Crippen LogP contribution in [0.2, 0.25) is 0 Å². The van der Waals surface area contributed by atoms with Crippen LogP contribution < -0.4 is 0 Å². The van der Waals surface area contributed by atoms with Crippen LogP contribution in [0, 0.1) is 40.4 Å². The Morgan fingerprint density at radius 2 is 1.01 bits per heavy atom. The number of ether oxygens (including phenoxy) is 2. The van der Waals surface area contributed by atoms with Crippen molar-refractivity contribution >= 4 is 17.3 Å². The van der Waals surface area contributed by atoms with Crippen molar-refractivity contribution in [3.05, 3.63) is 115 Å². The Bertz CT molecular complexity index is 2410. The lowest BCUT2D eigenvalue weighted by Crippen LogP contribution is -2.41. The Morgan fingerprint density at radius 1 is 0.432 bits per heavy atom. The van der Waals surface area contributed by atoms with Gasteiger partial charge in [0.15, 0.2) is 17.3 Å². The van der Waals surface area contributed by atoms with Crippen molar-refractivity contribution in [2.45, 2.75) is 240 Å². The van der Waals surface area contributed by atoms with E-state index < -0.39 is 0 Å². The van der Waals surface area contributed by atoms with Gasteiger partial charge in [-0.2, -0.15) is 0 Å². The molecule has 0 heterocycles. The van der Waals surface area contributed by atoms with Gasteiger partial charge in [0.05, 0.1) is 25.7 Å². The minimum absolute atomic E-state index is 0. The van der Waals surface area contributed by atoms with Gasteiger partial charge in [-0.25, -0.2) is 0 Å². The van der Waals surface area contributed by atoms with Gasteiger partial charge < -0.3 is 9.47 Å². The van der Waals surface area contributed by atoms with Gasteiger partial charge in [-0.1, -0.05) is 74.1 Å². The van der Waals surface area contributed by atoms with Gasteiger partial charge in [0.25, 0.3) is 0 Å². The van der Waals surface area contributed by atoms with Crippen molar-refractivity contribution in [2.24, 2.45) is 40.4 Å². The average Bonchev–Trinajstić information content (AvgIpc) is 4.03. The molecule has 14 rings (SSSR count). The summed E-state index contributed by atoms with van der Waals surface area (Å²) in [5.74, 6) is 8.15. The second-order valence-corrected chi connectivity index (χ2v) is 25.5. The molecule has 0 N–H and O–H groups in total. The first-order valence-electron chi connectivity index (χ1n) is 30.2. The molecule has 14 aliphatic rings. The van der Waals surface area contributed by atoms with E-state index >= 15 is 0 Å².